The minimum absolute atomic E-state index is 0.107. The van der Waals surface area contributed by atoms with Gasteiger partial charge in [-0.3, -0.25) is 4.99 Å². The number of ether oxygens (including phenoxy) is 2. The van der Waals surface area contributed by atoms with Gasteiger partial charge >= 0.3 is 0 Å². The Morgan fingerprint density at radius 2 is 2.03 bits per heavy atom. The molecule has 2 N–H and O–H groups in total. The van der Waals surface area contributed by atoms with Crippen LogP contribution in [0.4, 0.5) is 0 Å². The molecule has 2 aliphatic carbocycles. The van der Waals surface area contributed by atoms with Crippen LogP contribution in [-0.4, -0.2) is 68.8 Å². The lowest BCUT2D eigenvalue weighted by molar-refractivity contribution is 0.0273. The molecule has 0 radical (unpaired) electrons. The molecule has 2 aliphatic heterocycles. The number of nitrogens with two attached hydrogens (primary N) is 1. The molecule has 0 aromatic heterocycles. The minimum Gasteiger partial charge on any atom is -0.372 e. The number of likely N-dealkylation sites (N-methyl/N-ethyl adjacent to an activating group) is 1. The fraction of sp³-hybridized carbons (Fsp3) is 0.731. The third-order valence-corrected chi connectivity index (χ3v) is 7.88. The number of nitrogens with zero attached hydrogens (tertiary/aromatic N) is 2. The normalized spacial score (nSPS) is 34.3. The highest BCUT2D eigenvalue weighted by Gasteiger charge is 2.30. The molecule has 5 nitrogen and oxygen atoms in total. The van der Waals surface area contributed by atoms with Crippen molar-refractivity contribution in [1.82, 2.24) is 4.90 Å². The SMILES string of the molecule is CN(C)C(COC1C=CC=C(Cl)C1)CC1CCC(C2=NCC([C@@H]3CCC(N)CO3)=C2)CC1. The summed E-state index contributed by atoms with van der Waals surface area (Å²) in [5, 5.41) is 0.878. The van der Waals surface area contributed by atoms with E-state index in [0.29, 0.717) is 18.6 Å². The van der Waals surface area contributed by atoms with Crippen molar-refractivity contribution < 1.29 is 9.47 Å². The van der Waals surface area contributed by atoms with Gasteiger partial charge in [0, 0.05) is 35.2 Å². The molecule has 4 aliphatic rings. The van der Waals surface area contributed by atoms with Crippen LogP contribution in [0, 0.1) is 11.8 Å². The maximum atomic E-state index is 6.20. The molecular weight excluding hydrogens is 422 g/mol. The monoisotopic (exact) mass is 461 g/mol. The fourth-order valence-corrected chi connectivity index (χ4v) is 5.66. The van der Waals surface area contributed by atoms with Crippen molar-refractivity contribution in [3.8, 4) is 0 Å². The van der Waals surface area contributed by atoms with E-state index >= 15 is 0 Å². The summed E-state index contributed by atoms with van der Waals surface area (Å²) < 4.78 is 12.2. The first-order chi connectivity index (χ1) is 15.5. The van der Waals surface area contributed by atoms with Crippen LogP contribution in [-0.2, 0) is 9.47 Å². The molecule has 2 fully saturated rings. The van der Waals surface area contributed by atoms with Crippen molar-refractivity contribution in [2.24, 2.45) is 22.6 Å². The van der Waals surface area contributed by atoms with Gasteiger partial charge in [-0.15, -0.1) is 0 Å². The molecule has 6 heteroatoms. The summed E-state index contributed by atoms with van der Waals surface area (Å²) in [5.41, 5.74) is 8.66. The van der Waals surface area contributed by atoms with Crippen molar-refractivity contribution in [2.45, 2.75) is 75.7 Å². The second-order valence-electron chi connectivity index (χ2n) is 10.3. The highest BCUT2D eigenvalue weighted by Crippen LogP contribution is 2.35. The van der Waals surface area contributed by atoms with E-state index in [1.807, 2.05) is 12.2 Å². The fourth-order valence-electron chi connectivity index (χ4n) is 5.44. The number of rotatable bonds is 8. The van der Waals surface area contributed by atoms with Crippen molar-refractivity contribution in [1.29, 1.82) is 0 Å². The molecule has 178 valence electrons. The molecule has 0 amide bonds. The summed E-state index contributed by atoms with van der Waals surface area (Å²) in [6.45, 7) is 2.26. The van der Waals surface area contributed by atoms with Gasteiger partial charge in [0.1, 0.15) is 0 Å². The minimum atomic E-state index is 0.107. The molecule has 3 unspecified atom stereocenters. The second kappa shape index (κ2) is 11.4. The Kier molecular flexibility index (Phi) is 8.63. The first-order valence-corrected chi connectivity index (χ1v) is 12.8. The molecule has 2 heterocycles. The number of hydrogen-bond acceptors (Lipinski definition) is 5. The summed E-state index contributed by atoms with van der Waals surface area (Å²) in [5.74, 6) is 1.38. The molecular formula is C26H40ClN3O2. The van der Waals surface area contributed by atoms with Crippen LogP contribution < -0.4 is 5.73 Å². The molecule has 4 rings (SSSR count). The Hall–Kier alpha value is -0.980. The average Bonchev–Trinajstić information content (AvgIpc) is 3.28. The van der Waals surface area contributed by atoms with Gasteiger partial charge in [-0.25, -0.2) is 0 Å². The smallest absolute Gasteiger partial charge is 0.0808 e. The average molecular weight is 462 g/mol. The summed E-state index contributed by atoms with van der Waals surface area (Å²) in [6, 6.07) is 0.647. The molecule has 1 saturated heterocycles. The Morgan fingerprint density at radius 1 is 1.22 bits per heavy atom. The van der Waals surface area contributed by atoms with E-state index < -0.39 is 0 Å². The maximum absolute atomic E-state index is 6.20. The van der Waals surface area contributed by atoms with Crippen molar-refractivity contribution in [3.05, 3.63) is 34.9 Å². The van der Waals surface area contributed by atoms with Crippen molar-refractivity contribution in [2.75, 3.05) is 33.9 Å². The lowest BCUT2D eigenvalue weighted by Gasteiger charge is -2.33. The van der Waals surface area contributed by atoms with Crippen LogP contribution in [0.1, 0.15) is 51.4 Å². The zero-order valence-corrected chi connectivity index (χ0v) is 20.5. The van der Waals surface area contributed by atoms with E-state index in [-0.39, 0.29) is 18.2 Å². The van der Waals surface area contributed by atoms with E-state index in [4.69, 9.17) is 31.8 Å². The Bertz CT molecular complexity index is 744. The van der Waals surface area contributed by atoms with Crippen LogP contribution in [0.15, 0.2) is 39.9 Å². The summed E-state index contributed by atoms with van der Waals surface area (Å²) in [7, 11) is 4.34. The largest absolute Gasteiger partial charge is 0.372 e. The highest BCUT2D eigenvalue weighted by atomic mass is 35.5. The molecule has 4 atom stereocenters. The van der Waals surface area contributed by atoms with Gasteiger partial charge in [0.25, 0.3) is 0 Å². The first-order valence-electron chi connectivity index (χ1n) is 12.4. The Morgan fingerprint density at radius 3 is 2.72 bits per heavy atom. The van der Waals surface area contributed by atoms with Crippen LogP contribution >= 0.6 is 11.6 Å². The quantitative estimate of drug-likeness (QED) is 0.579. The molecule has 0 aromatic carbocycles. The van der Waals surface area contributed by atoms with Crippen molar-refractivity contribution >= 4 is 17.3 Å². The summed E-state index contributed by atoms with van der Waals surface area (Å²) in [4.78, 5) is 7.22. The van der Waals surface area contributed by atoms with Crippen molar-refractivity contribution in [3.63, 3.8) is 0 Å². The Labute approximate surface area is 198 Å². The lowest BCUT2D eigenvalue weighted by Crippen LogP contribution is -2.36. The molecule has 32 heavy (non-hydrogen) atoms. The first kappa shape index (κ1) is 24.2. The zero-order chi connectivity index (χ0) is 22.5. The van der Waals surface area contributed by atoms with Gasteiger partial charge in [-0.1, -0.05) is 23.8 Å². The van der Waals surface area contributed by atoms with E-state index in [1.54, 1.807) is 0 Å². The number of allylic oxidation sites excluding steroid dienone is 3. The van der Waals surface area contributed by atoms with E-state index in [2.05, 4.69) is 31.1 Å². The predicted molar refractivity (Wildman–Crippen MR) is 132 cm³/mol. The van der Waals surface area contributed by atoms with E-state index in [0.717, 1.165) is 43.4 Å². The van der Waals surface area contributed by atoms with Crippen LogP contribution in [0.25, 0.3) is 0 Å². The van der Waals surface area contributed by atoms with Gasteiger partial charge in [-0.2, -0.15) is 0 Å². The maximum Gasteiger partial charge on any atom is 0.0808 e. The Balaban J connectivity index is 1.21. The van der Waals surface area contributed by atoms with Gasteiger partial charge in [0.15, 0.2) is 0 Å². The predicted octanol–water partition coefficient (Wildman–Crippen LogP) is 4.47. The van der Waals surface area contributed by atoms with E-state index in [9.17, 15) is 0 Å². The summed E-state index contributed by atoms with van der Waals surface area (Å²) >= 11 is 6.16. The van der Waals surface area contributed by atoms with Crippen LogP contribution in [0.2, 0.25) is 0 Å². The molecule has 1 saturated carbocycles. The third-order valence-electron chi connectivity index (χ3n) is 7.60. The number of halogens is 1. The van der Waals surface area contributed by atoms with Gasteiger partial charge in [0.2, 0.25) is 0 Å². The van der Waals surface area contributed by atoms with E-state index in [1.165, 1.54) is 43.4 Å². The molecule has 0 aromatic rings. The topological polar surface area (TPSA) is 60.1 Å². The standard InChI is InChI=1S/C26H40ClN3O2/c1-30(2)23(17-31-24-5-3-4-21(27)14-24)12-18-6-8-19(9-7-18)25-13-20(15-29-25)26-11-10-22(28)16-32-26/h3-5,13,18-19,22-24,26H,6-12,14-17,28H2,1-2H3/t18?,19?,22?,23?,24?,26-/m0/s1. The molecule has 0 spiro atoms. The summed E-state index contributed by atoms with van der Waals surface area (Å²) in [6.07, 6.45) is 17.9. The number of hydrogen-bond donors (Lipinski definition) is 1. The lowest BCUT2D eigenvalue weighted by atomic mass is 9.77. The van der Waals surface area contributed by atoms with Gasteiger partial charge < -0.3 is 20.1 Å². The van der Waals surface area contributed by atoms with Gasteiger partial charge in [0.05, 0.1) is 32.0 Å². The number of aliphatic imine (C=N–C) groups is 1. The van der Waals surface area contributed by atoms with Gasteiger partial charge in [-0.05, 0) is 82.7 Å². The second-order valence-corrected chi connectivity index (χ2v) is 10.8. The van der Waals surface area contributed by atoms with Crippen LogP contribution in [0.5, 0.6) is 0 Å². The highest BCUT2D eigenvalue weighted by molar-refractivity contribution is 6.29. The molecule has 0 bridgehead atoms. The zero-order valence-electron chi connectivity index (χ0n) is 19.7. The third kappa shape index (κ3) is 6.54. The van der Waals surface area contributed by atoms with Crippen LogP contribution in [0.3, 0.4) is 0 Å².